The van der Waals surface area contributed by atoms with E-state index >= 15 is 0 Å². The number of benzene rings is 1. The summed E-state index contributed by atoms with van der Waals surface area (Å²) in [6.07, 6.45) is 1.01. The fourth-order valence-electron chi connectivity index (χ4n) is 2.26. The van der Waals surface area contributed by atoms with E-state index in [1.165, 1.54) is 5.56 Å². The molecule has 0 saturated carbocycles. The van der Waals surface area contributed by atoms with Gasteiger partial charge in [0.15, 0.2) is 5.78 Å². The number of morpholine rings is 1. The Morgan fingerprint density at radius 3 is 3.00 bits per heavy atom. The first-order chi connectivity index (χ1) is 8.66. The molecule has 3 heteroatoms. The minimum atomic E-state index is -0.187. The molecule has 1 N–H and O–H groups in total. The van der Waals surface area contributed by atoms with E-state index in [1.807, 2.05) is 18.2 Å². The number of carbonyl (C=O) groups is 1. The number of nitrogens with one attached hydrogen (secondary N) is 1. The predicted octanol–water partition coefficient (Wildman–Crippen LogP) is 2.06. The Kier molecular flexibility index (Phi) is 4.50. The largest absolute Gasteiger partial charge is 0.378 e. The van der Waals surface area contributed by atoms with Crippen molar-refractivity contribution in [2.75, 3.05) is 19.8 Å². The van der Waals surface area contributed by atoms with Gasteiger partial charge in [-0.15, -0.1) is 0 Å². The van der Waals surface area contributed by atoms with Gasteiger partial charge in [0.05, 0.1) is 19.3 Å². The molecule has 0 bridgehead atoms. The Labute approximate surface area is 109 Å². The number of rotatable bonds is 4. The highest BCUT2D eigenvalue weighted by Gasteiger charge is 2.22. The molecule has 0 aromatic heterocycles. The summed E-state index contributed by atoms with van der Waals surface area (Å²) in [6, 6.07) is 7.77. The van der Waals surface area contributed by atoms with Gasteiger partial charge in [-0.1, -0.05) is 32.0 Å². The van der Waals surface area contributed by atoms with Crippen LogP contribution in [0.25, 0.3) is 0 Å². The molecule has 3 nitrogen and oxygen atoms in total. The molecule has 1 aliphatic rings. The van der Waals surface area contributed by atoms with Crippen molar-refractivity contribution < 1.29 is 9.53 Å². The van der Waals surface area contributed by atoms with E-state index in [4.69, 9.17) is 4.74 Å². The maximum absolute atomic E-state index is 12.3. The zero-order chi connectivity index (χ0) is 13.0. The van der Waals surface area contributed by atoms with Crippen LogP contribution in [-0.2, 0) is 11.2 Å². The Morgan fingerprint density at radius 2 is 2.33 bits per heavy atom. The van der Waals surface area contributed by atoms with Gasteiger partial charge in [0.2, 0.25) is 0 Å². The van der Waals surface area contributed by atoms with Crippen LogP contribution in [-0.4, -0.2) is 31.6 Å². The molecule has 0 radical (unpaired) electrons. The fourth-order valence-corrected chi connectivity index (χ4v) is 2.26. The van der Waals surface area contributed by atoms with Crippen LogP contribution in [0.1, 0.15) is 29.8 Å². The van der Waals surface area contributed by atoms with Crippen LogP contribution in [0.3, 0.4) is 0 Å². The van der Waals surface area contributed by atoms with Crippen molar-refractivity contribution in [3.63, 3.8) is 0 Å². The molecule has 0 amide bonds. The van der Waals surface area contributed by atoms with Gasteiger partial charge >= 0.3 is 0 Å². The Hall–Kier alpha value is -1.19. The van der Waals surface area contributed by atoms with Gasteiger partial charge in [-0.2, -0.15) is 0 Å². The van der Waals surface area contributed by atoms with Gasteiger partial charge < -0.3 is 10.1 Å². The smallest absolute Gasteiger partial charge is 0.182 e. The molecular weight excluding hydrogens is 226 g/mol. The van der Waals surface area contributed by atoms with Crippen molar-refractivity contribution in [1.29, 1.82) is 0 Å². The van der Waals surface area contributed by atoms with Gasteiger partial charge in [-0.25, -0.2) is 0 Å². The van der Waals surface area contributed by atoms with Gasteiger partial charge in [-0.05, 0) is 24.0 Å². The lowest BCUT2D eigenvalue weighted by Crippen LogP contribution is -2.46. The van der Waals surface area contributed by atoms with Crippen LogP contribution >= 0.6 is 0 Å². The van der Waals surface area contributed by atoms with E-state index in [9.17, 15) is 4.79 Å². The molecule has 2 rings (SSSR count). The minimum Gasteiger partial charge on any atom is -0.378 e. The van der Waals surface area contributed by atoms with Crippen LogP contribution in [0.2, 0.25) is 0 Å². The van der Waals surface area contributed by atoms with Crippen molar-refractivity contribution in [3.8, 4) is 0 Å². The molecule has 1 atom stereocenters. The molecule has 1 heterocycles. The Balaban J connectivity index is 2.09. The van der Waals surface area contributed by atoms with Crippen molar-refractivity contribution in [2.45, 2.75) is 26.3 Å². The third kappa shape index (κ3) is 3.40. The number of hydrogen-bond donors (Lipinski definition) is 1. The monoisotopic (exact) mass is 247 g/mol. The highest BCUT2D eigenvalue weighted by Crippen LogP contribution is 2.13. The number of ketones is 1. The summed E-state index contributed by atoms with van der Waals surface area (Å²) in [5.41, 5.74) is 2.02. The topological polar surface area (TPSA) is 38.3 Å². The molecule has 1 unspecified atom stereocenters. The summed E-state index contributed by atoms with van der Waals surface area (Å²) in [7, 11) is 0. The summed E-state index contributed by atoms with van der Waals surface area (Å²) in [5, 5.41) is 3.20. The fraction of sp³-hybridized carbons (Fsp3) is 0.533. The van der Waals surface area contributed by atoms with Gasteiger partial charge in [0.1, 0.15) is 0 Å². The second-order valence-corrected chi connectivity index (χ2v) is 5.24. The zero-order valence-corrected chi connectivity index (χ0v) is 11.1. The van der Waals surface area contributed by atoms with Crippen LogP contribution in [0.15, 0.2) is 24.3 Å². The molecule has 1 aromatic carbocycles. The van der Waals surface area contributed by atoms with E-state index in [0.29, 0.717) is 19.1 Å². The van der Waals surface area contributed by atoms with Crippen molar-refractivity contribution in [3.05, 3.63) is 35.4 Å². The number of ether oxygens (including phenoxy) is 1. The molecule has 0 aliphatic carbocycles. The quantitative estimate of drug-likeness (QED) is 0.828. The van der Waals surface area contributed by atoms with Crippen LogP contribution in [0.4, 0.5) is 0 Å². The van der Waals surface area contributed by atoms with E-state index in [-0.39, 0.29) is 11.8 Å². The Bertz CT molecular complexity index is 409. The maximum atomic E-state index is 12.3. The summed E-state index contributed by atoms with van der Waals surface area (Å²) in [4.78, 5) is 12.3. The lowest BCUT2D eigenvalue weighted by Gasteiger charge is -2.22. The summed E-state index contributed by atoms with van der Waals surface area (Å²) in [5.74, 6) is 0.742. The molecule has 0 spiro atoms. The first kappa shape index (κ1) is 13.2. The van der Waals surface area contributed by atoms with Gasteiger partial charge in [-0.3, -0.25) is 4.79 Å². The van der Waals surface area contributed by atoms with Crippen molar-refractivity contribution >= 4 is 5.78 Å². The highest BCUT2D eigenvalue weighted by atomic mass is 16.5. The van der Waals surface area contributed by atoms with Crippen molar-refractivity contribution in [1.82, 2.24) is 5.32 Å². The molecule has 98 valence electrons. The minimum absolute atomic E-state index is 0.139. The zero-order valence-electron chi connectivity index (χ0n) is 11.1. The average Bonchev–Trinajstić information content (AvgIpc) is 2.38. The van der Waals surface area contributed by atoms with Crippen LogP contribution < -0.4 is 5.32 Å². The lowest BCUT2D eigenvalue weighted by molar-refractivity contribution is 0.0607. The second kappa shape index (κ2) is 6.12. The third-order valence-electron chi connectivity index (χ3n) is 3.09. The first-order valence-corrected chi connectivity index (χ1v) is 6.61. The van der Waals surface area contributed by atoms with E-state index in [1.54, 1.807) is 0 Å². The van der Waals surface area contributed by atoms with Crippen LogP contribution in [0, 0.1) is 5.92 Å². The molecule has 18 heavy (non-hydrogen) atoms. The van der Waals surface area contributed by atoms with Gasteiger partial charge in [0, 0.05) is 12.1 Å². The van der Waals surface area contributed by atoms with E-state index in [2.05, 4.69) is 25.2 Å². The third-order valence-corrected chi connectivity index (χ3v) is 3.09. The summed E-state index contributed by atoms with van der Waals surface area (Å²) in [6.45, 7) is 6.29. The SMILES string of the molecule is CC(C)Cc1cccc(C(=O)C2COCCN2)c1. The van der Waals surface area contributed by atoms with Crippen molar-refractivity contribution in [2.24, 2.45) is 5.92 Å². The molecule has 1 fully saturated rings. The molecule has 1 saturated heterocycles. The van der Waals surface area contributed by atoms with Crippen LogP contribution in [0.5, 0.6) is 0 Å². The highest BCUT2D eigenvalue weighted by molar-refractivity contribution is 6.00. The lowest BCUT2D eigenvalue weighted by atomic mass is 9.97. The number of Topliss-reactive ketones (excluding diaryl/α,β-unsaturated/α-hetero) is 1. The normalized spacial score (nSPS) is 20.1. The second-order valence-electron chi connectivity index (χ2n) is 5.24. The summed E-state index contributed by atoms with van der Waals surface area (Å²) < 4.78 is 5.34. The number of carbonyl (C=O) groups excluding carboxylic acids is 1. The van der Waals surface area contributed by atoms with E-state index < -0.39 is 0 Å². The number of hydrogen-bond acceptors (Lipinski definition) is 3. The standard InChI is InChI=1S/C15H21NO2/c1-11(2)8-12-4-3-5-13(9-12)15(17)14-10-18-7-6-16-14/h3-5,9,11,14,16H,6-8,10H2,1-2H3. The molecule has 1 aromatic rings. The molecular formula is C15H21NO2. The van der Waals surface area contributed by atoms with Gasteiger partial charge in [0.25, 0.3) is 0 Å². The maximum Gasteiger partial charge on any atom is 0.182 e. The summed E-state index contributed by atoms with van der Waals surface area (Å²) >= 11 is 0. The van der Waals surface area contributed by atoms with E-state index in [0.717, 1.165) is 18.5 Å². The predicted molar refractivity (Wildman–Crippen MR) is 71.9 cm³/mol. The Morgan fingerprint density at radius 1 is 1.50 bits per heavy atom. The first-order valence-electron chi connectivity index (χ1n) is 6.61. The molecule has 1 aliphatic heterocycles. The average molecular weight is 247 g/mol.